The molecule has 1 N–H and O–H groups in total. The molecule has 2 heterocycles. The minimum atomic E-state index is -0.355. The fourth-order valence-corrected chi connectivity index (χ4v) is 3.55. The number of carbonyl (C=O) groups is 1. The van der Waals surface area contributed by atoms with Crippen molar-refractivity contribution in [2.75, 3.05) is 0 Å². The van der Waals surface area contributed by atoms with Gasteiger partial charge in [-0.1, -0.05) is 43.2 Å². The largest absolute Gasteiger partial charge is 0.296 e. The smallest absolute Gasteiger partial charge is 0.274 e. The fraction of sp³-hybridized carbons (Fsp3) is 0.318. The van der Waals surface area contributed by atoms with Crippen molar-refractivity contribution in [1.29, 1.82) is 0 Å². The number of benzene rings is 2. The van der Waals surface area contributed by atoms with E-state index in [4.69, 9.17) is 9.82 Å². The maximum atomic E-state index is 12.8. The van der Waals surface area contributed by atoms with Gasteiger partial charge >= 0.3 is 0 Å². The van der Waals surface area contributed by atoms with E-state index in [-0.39, 0.29) is 18.1 Å². The molecule has 1 aliphatic heterocycles. The van der Waals surface area contributed by atoms with E-state index < -0.39 is 0 Å². The van der Waals surface area contributed by atoms with Crippen LogP contribution < -0.4 is 11.0 Å². The van der Waals surface area contributed by atoms with Crippen LogP contribution in [0.15, 0.2) is 53.3 Å². The molecule has 0 radical (unpaired) electrons. The highest BCUT2D eigenvalue weighted by molar-refractivity contribution is 5.97. The van der Waals surface area contributed by atoms with Gasteiger partial charge in [0.25, 0.3) is 11.5 Å². The first-order valence-electron chi connectivity index (χ1n) is 9.72. The van der Waals surface area contributed by atoms with Crippen LogP contribution in [-0.4, -0.2) is 15.5 Å². The van der Waals surface area contributed by atoms with Crippen molar-refractivity contribution >= 4 is 16.8 Å². The molecule has 0 spiro atoms. The zero-order valence-corrected chi connectivity index (χ0v) is 15.7. The molecule has 144 valence electrons. The quantitative estimate of drug-likeness (QED) is 0.708. The van der Waals surface area contributed by atoms with Crippen LogP contribution in [0.5, 0.6) is 0 Å². The van der Waals surface area contributed by atoms with Gasteiger partial charge < -0.3 is 0 Å². The maximum Gasteiger partial charge on any atom is 0.274 e. The minimum Gasteiger partial charge on any atom is -0.296 e. The van der Waals surface area contributed by atoms with Gasteiger partial charge in [-0.2, -0.15) is 0 Å². The number of hydrogen-bond acceptors (Lipinski definition) is 4. The summed E-state index contributed by atoms with van der Waals surface area (Å²) in [6.45, 7) is 1.000. The topological polar surface area (TPSA) is 73.2 Å². The summed E-state index contributed by atoms with van der Waals surface area (Å²) in [7, 11) is 0. The van der Waals surface area contributed by atoms with Crippen LogP contribution in [0, 0.1) is 0 Å². The lowest BCUT2D eigenvalue weighted by molar-refractivity contribution is 0.0233. The van der Waals surface area contributed by atoms with Gasteiger partial charge in [0.2, 0.25) is 0 Å². The zero-order valence-electron chi connectivity index (χ0n) is 15.7. The molecule has 1 aliphatic rings. The third-order valence-corrected chi connectivity index (χ3v) is 5.08. The van der Waals surface area contributed by atoms with Gasteiger partial charge in [0.15, 0.2) is 0 Å². The molecule has 6 heteroatoms. The van der Waals surface area contributed by atoms with Gasteiger partial charge in [0.05, 0.1) is 17.5 Å². The summed E-state index contributed by atoms with van der Waals surface area (Å²) in [5.74, 6) is 0.460. The molecule has 0 fully saturated rings. The molecular weight excluding hydrogens is 354 g/mol. The van der Waals surface area contributed by atoms with Gasteiger partial charge in [0, 0.05) is 18.5 Å². The molecule has 0 unspecified atom stereocenters. The molecule has 0 aliphatic carbocycles. The number of rotatable bonds is 4. The summed E-state index contributed by atoms with van der Waals surface area (Å²) in [4.78, 5) is 35.2. The maximum absolute atomic E-state index is 12.8. The fourth-order valence-electron chi connectivity index (χ4n) is 3.55. The van der Waals surface area contributed by atoms with Crippen LogP contribution in [0.4, 0.5) is 0 Å². The lowest BCUT2D eigenvalue weighted by Crippen LogP contribution is -2.27. The van der Waals surface area contributed by atoms with Crippen molar-refractivity contribution in [2.45, 2.75) is 45.3 Å². The molecule has 0 saturated heterocycles. The number of carbonyl (C=O) groups excluding carboxylic acids is 1. The van der Waals surface area contributed by atoms with E-state index in [9.17, 15) is 9.59 Å². The van der Waals surface area contributed by atoms with E-state index in [1.807, 2.05) is 30.3 Å². The molecule has 1 amide bonds. The van der Waals surface area contributed by atoms with Gasteiger partial charge in [-0.15, -0.1) is 0 Å². The normalized spacial score (nSPS) is 14.1. The summed E-state index contributed by atoms with van der Waals surface area (Å²) >= 11 is 0. The van der Waals surface area contributed by atoms with E-state index >= 15 is 0 Å². The van der Waals surface area contributed by atoms with Gasteiger partial charge in [-0.25, -0.2) is 10.5 Å². The Balaban J connectivity index is 1.54. The first-order valence-corrected chi connectivity index (χ1v) is 9.72. The lowest BCUT2D eigenvalue weighted by atomic mass is 10.1. The van der Waals surface area contributed by atoms with E-state index in [0.29, 0.717) is 23.0 Å². The molecule has 0 bridgehead atoms. The average molecular weight is 377 g/mol. The predicted molar refractivity (Wildman–Crippen MR) is 107 cm³/mol. The first-order chi connectivity index (χ1) is 13.7. The Bertz CT molecular complexity index is 1040. The molecule has 3 aromatic rings. The Morgan fingerprint density at radius 2 is 1.89 bits per heavy atom. The Hall–Kier alpha value is -2.99. The molecule has 0 saturated carbocycles. The molecule has 2 aromatic carbocycles. The van der Waals surface area contributed by atoms with Gasteiger partial charge in [0.1, 0.15) is 5.82 Å². The number of hydroxylamine groups is 1. The summed E-state index contributed by atoms with van der Waals surface area (Å²) in [6, 6.07) is 14.6. The number of aromatic nitrogens is 2. The summed E-state index contributed by atoms with van der Waals surface area (Å²) in [5, 5.41) is 0.547. The Kier molecular flexibility index (Phi) is 5.48. The zero-order chi connectivity index (χ0) is 19.3. The van der Waals surface area contributed by atoms with Gasteiger partial charge in [-0.3, -0.25) is 19.0 Å². The van der Waals surface area contributed by atoms with Crippen molar-refractivity contribution in [3.05, 3.63) is 75.8 Å². The van der Waals surface area contributed by atoms with Crippen molar-refractivity contribution in [3.8, 4) is 0 Å². The van der Waals surface area contributed by atoms with Crippen molar-refractivity contribution in [2.24, 2.45) is 0 Å². The number of aryl methyl sites for hydroxylation is 1. The second-order valence-corrected chi connectivity index (χ2v) is 7.09. The Morgan fingerprint density at radius 3 is 2.75 bits per heavy atom. The first kappa shape index (κ1) is 18.4. The van der Waals surface area contributed by atoms with Crippen LogP contribution in [0.25, 0.3) is 10.9 Å². The molecular formula is C22H23N3O3. The average Bonchev–Trinajstić information content (AvgIpc) is 2.70. The second kappa shape index (κ2) is 8.35. The number of hydrogen-bond donors (Lipinski definition) is 1. The second-order valence-electron chi connectivity index (χ2n) is 7.09. The van der Waals surface area contributed by atoms with Crippen LogP contribution in [-0.2, 0) is 24.4 Å². The van der Waals surface area contributed by atoms with E-state index in [1.165, 1.54) is 0 Å². The highest BCUT2D eigenvalue weighted by Crippen LogP contribution is 2.16. The lowest BCUT2D eigenvalue weighted by Gasteiger charge is -2.16. The number of amides is 1. The highest BCUT2D eigenvalue weighted by atomic mass is 16.6. The number of nitrogens with zero attached hydrogens (tertiary/aromatic N) is 2. The van der Waals surface area contributed by atoms with E-state index in [0.717, 1.165) is 43.5 Å². The van der Waals surface area contributed by atoms with Crippen molar-refractivity contribution in [3.63, 3.8) is 0 Å². The molecule has 0 atom stereocenters. The van der Waals surface area contributed by atoms with Gasteiger partial charge in [-0.05, 0) is 36.6 Å². The molecule has 1 aromatic heterocycles. The predicted octanol–water partition coefficient (Wildman–Crippen LogP) is 3.37. The SMILES string of the molecule is O=C(NOCc1ccccc1)c1ccc2c(=O)n3c(nc2c1)CCCCCC3. The standard InChI is InChI=1S/C22H23N3O3/c26-21(24-28-15-16-8-4-3-5-9-16)17-11-12-18-19(14-17)23-20-10-6-1-2-7-13-25(20)22(18)27/h3-5,8-9,11-12,14H,1-2,6-7,10,13,15H2,(H,24,26). The summed E-state index contributed by atoms with van der Waals surface area (Å²) in [5.41, 5.74) is 4.39. The highest BCUT2D eigenvalue weighted by Gasteiger charge is 2.15. The third-order valence-electron chi connectivity index (χ3n) is 5.08. The minimum absolute atomic E-state index is 0.0193. The Labute approximate surface area is 163 Å². The summed E-state index contributed by atoms with van der Waals surface area (Å²) in [6.07, 6.45) is 5.13. The van der Waals surface area contributed by atoms with Crippen LogP contribution >= 0.6 is 0 Å². The molecule has 4 rings (SSSR count). The van der Waals surface area contributed by atoms with Crippen LogP contribution in [0.1, 0.15) is 47.4 Å². The molecule has 6 nitrogen and oxygen atoms in total. The number of nitrogens with one attached hydrogen (secondary N) is 1. The Morgan fingerprint density at radius 1 is 1.07 bits per heavy atom. The van der Waals surface area contributed by atoms with Crippen LogP contribution in [0.2, 0.25) is 0 Å². The summed E-state index contributed by atoms with van der Waals surface area (Å²) < 4.78 is 1.80. The van der Waals surface area contributed by atoms with E-state index in [2.05, 4.69) is 5.48 Å². The number of fused-ring (bicyclic) bond motifs is 2. The van der Waals surface area contributed by atoms with Crippen molar-refractivity contribution in [1.82, 2.24) is 15.0 Å². The van der Waals surface area contributed by atoms with E-state index in [1.54, 1.807) is 22.8 Å². The monoisotopic (exact) mass is 377 g/mol. The van der Waals surface area contributed by atoms with Crippen LogP contribution in [0.3, 0.4) is 0 Å². The third kappa shape index (κ3) is 3.97. The molecule has 28 heavy (non-hydrogen) atoms. The van der Waals surface area contributed by atoms with Crippen molar-refractivity contribution < 1.29 is 9.63 Å².